The van der Waals surface area contributed by atoms with Gasteiger partial charge in [0.25, 0.3) is 0 Å². The number of thiophene rings is 2. The Morgan fingerprint density at radius 3 is 0.619 bits per heavy atom. The molecule has 0 radical (unpaired) electrons. The Balaban J connectivity index is 1.37. The van der Waals surface area contributed by atoms with E-state index in [1.807, 2.05) is 0 Å². The van der Waals surface area contributed by atoms with Gasteiger partial charge in [-0.1, -0.05) is 514 Å². The van der Waals surface area contributed by atoms with Crippen molar-refractivity contribution in [2.24, 2.45) is 0 Å². The van der Waals surface area contributed by atoms with Crippen molar-refractivity contribution in [2.45, 2.75) is 515 Å². The minimum atomic E-state index is -2.44. The summed E-state index contributed by atoms with van der Waals surface area (Å²) in [6.45, 7) is 9.24. The van der Waals surface area contributed by atoms with Crippen LogP contribution in [0.2, 0.25) is 12.1 Å². The maximum absolute atomic E-state index is 10.5. The average Bonchev–Trinajstić information content (AvgIpc) is 1.56. The lowest BCUT2D eigenvalue weighted by Crippen LogP contribution is -2.56. The molecule has 4 aromatic rings. The normalized spacial score (nSPS) is 12.8. The van der Waals surface area contributed by atoms with Gasteiger partial charge in [-0.25, -0.2) is 0 Å². The first-order chi connectivity index (χ1) is 55.9. The fourth-order valence-corrected chi connectivity index (χ4v) is 26.7. The van der Waals surface area contributed by atoms with Crippen LogP contribution in [0.25, 0.3) is 11.1 Å². The standard InChI is InChI=1S/C106H172N4S2Si/c1-5-9-13-17-21-25-29-33-37-41-45-49-53-57-61-65-69-73-77-95-85-101(111-105(95)97(89-107)90-108)93-79-81-99-100-82-80-94(102-86-96(106(112-102)98(91-109)92-110)78-74-70-66-62-58-54-50-46-42-38-34-30-26-22-18-14-10-6-2)88-104(100)113(103(99)87-93,83-75-71-67-63-59-55-51-47-43-39-35-31-27-23-19-15-11-7-3)84-76-72-68-64-60-56-52-48-44-40-36-32-28-24-20-16-12-8-4/h79-82,85-88H,5-78,83-84H2,1-4H3/b101-93-,102-94-. The molecule has 0 aliphatic carbocycles. The number of aryl methyl sites for hydroxylation is 2. The molecule has 3 heterocycles. The molecular weight excluding hydrogens is 1420 g/mol. The highest BCUT2D eigenvalue weighted by atomic mass is 32.1. The second kappa shape index (κ2) is 68.6. The number of hydrogen-bond donors (Lipinski definition) is 0. The highest BCUT2D eigenvalue weighted by Crippen LogP contribution is 2.31. The maximum atomic E-state index is 10.5. The summed E-state index contributed by atoms with van der Waals surface area (Å²) in [5.74, 6) is 0. The molecule has 1 aliphatic rings. The second-order valence-corrected chi connectivity index (χ2v) is 42.1. The van der Waals surface area contributed by atoms with E-state index in [1.54, 1.807) is 33.0 Å². The SMILES string of the molecule is CCCCCCCCCCCCCCCCCCCCc1c/c(=c2\ccc3c(c2)[Si](CCCCCCCCCCCCCCCCCCCC)(CCCCCCCCCCCCCCCCCCCC)c2c/c(=c4/cc(CCCCCCCCCCCCCCCCCCCC)c(=C(C#N)C#N)s4)ccc2=3)sc1=C(C#N)C#N. The summed E-state index contributed by atoms with van der Waals surface area (Å²) < 4.78 is 4.16. The number of rotatable bonds is 76. The summed E-state index contributed by atoms with van der Waals surface area (Å²) in [6.07, 6.45) is 100. The van der Waals surface area contributed by atoms with Crippen LogP contribution in [0.15, 0.2) is 48.5 Å². The Kier molecular flexibility index (Phi) is 60.3. The van der Waals surface area contributed by atoms with E-state index < -0.39 is 8.07 Å². The predicted octanol–water partition coefficient (Wildman–Crippen LogP) is 33.2. The Labute approximate surface area is 706 Å². The minimum absolute atomic E-state index is 0.260. The van der Waals surface area contributed by atoms with Gasteiger partial charge in [0, 0.05) is 9.06 Å². The molecule has 5 rings (SSSR count). The first-order valence-corrected chi connectivity index (χ1v) is 53.9. The van der Waals surface area contributed by atoms with Crippen molar-refractivity contribution >= 4 is 52.3 Å². The van der Waals surface area contributed by atoms with E-state index >= 15 is 0 Å². The summed E-state index contributed by atoms with van der Waals surface area (Å²) in [7, 11) is -2.44. The Morgan fingerprint density at radius 2 is 0.425 bits per heavy atom. The van der Waals surface area contributed by atoms with Crippen LogP contribution < -0.4 is 19.4 Å². The van der Waals surface area contributed by atoms with Gasteiger partial charge in [-0.05, 0) is 92.3 Å². The van der Waals surface area contributed by atoms with Gasteiger partial charge in [0.1, 0.15) is 43.5 Å². The van der Waals surface area contributed by atoms with Gasteiger partial charge in [0.05, 0.1) is 9.06 Å². The topological polar surface area (TPSA) is 95.2 Å². The summed E-state index contributed by atoms with van der Waals surface area (Å²) >= 11 is 3.37. The van der Waals surface area contributed by atoms with Crippen molar-refractivity contribution in [2.75, 3.05) is 0 Å². The molecule has 7 heteroatoms. The third-order valence-electron chi connectivity index (χ3n) is 26.0. The predicted molar refractivity (Wildman–Crippen MR) is 500 cm³/mol. The quantitative estimate of drug-likeness (QED) is 0.0325. The summed E-state index contributed by atoms with van der Waals surface area (Å²) in [4.78, 5) is 0. The monoisotopic (exact) mass is 1590 g/mol. The molecule has 4 nitrogen and oxygen atoms in total. The number of hydrogen-bond acceptors (Lipinski definition) is 6. The van der Waals surface area contributed by atoms with Gasteiger partial charge in [-0.3, -0.25) is 0 Å². The average molecular weight is 1590 g/mol. The number of nitriles is 4. The van der Waals surface area contributed by atoms with Crippen molar-refractivity contribution in [3.05, 3.63) is 98.7 Å². The van der Waals surface area contributed by atoms with Crippen molar-refractivity contribution < 1.29 is 0 Å². The van der Waals surface area contributed by atoms with Crippen molar-refractivity contribution in [1.82, 2.24) is 0 Å². The number of fused-ring (bicyclic) bond motifs is 2. The fraction of sp³-hybridized carbons (Fsp3) is 0.755. The van der Waals surface area contributed by atoms with Crippen LogP contribution in [-0.4, -0.2) is 8.07 Å². The third-order valence-corrected chi connectivity index (χ3v) is 33.8. The molecule has 0 saturated heterocycles. The van der Waals surface area contributed by atoms with Gasteiger partial charge in [0.2, 0.25) is 0 Å². The van der Waals surface area contributed by atoms with Gasteiger partial charge < -0.3 is 0 Å². The molecule has 2 aromatic heterocycles. The van der Waals surface area contributed by atoms with Gasteiger partial charge in [0.15, 0.2) is 0 Å². The number of benzene rings is 2. The molecule has 0 unspecified atom stereocenters. The molecule has 2 aromatic carbocycles. The fourth-order valence-electron chi connectivity index (χ4n) is 18.7. The van der Waals surface area contributed by atoms with Crippen LogP contribution in [0.3, 0.4) is 0 Å². The summed E-state index contributed by atoms with van der Waals surface area (Å²) in [5.41, 5.74) is 2.88. The molecule has 0 fully saturated rings. The Hall–Kier alpha value is -4.24. The zero-order chi connectivity index (χ0) is 80.2. The molecule has 632 valence electrons. The van der Waals surface area contributed by atoms with E-state index in [1.165, 1.54) is 503 Å². The molecule has 0 spiro atoms. The zero-order valence-corrected chi connectivity index (χ0v) is 77.1. The first-order valence-electron chi connectivity index (χ1n) is 49.8. The first kappa shape index (κ1) is 99.3. The summed E-state index contributed by atoms with van der Waals surface area (Å²) in [6, 6.07) is 31.6. The molecule has 0 N–H and O–H groups in total. The van der Waals surface area contributed by atoms with Crippen LogP contribution >= 0.6 is 22.7 Å². The minimum Gasteiger partial charge on any atom is -0.192 e. The van der Waals surface area contributed by atoms with Crippen LogP contribution in [-0.2, 0) is 12.8 Å². The van der Waals surface area contributed by atoms with Gasteiger partial charge in [-0.2, -0.15) is 21.0 Å². The molecule has 0 amide bonds. The van der Waals surface area contributed by atoms with Gasteiger partial charge >= 0.3 is 0 Å². The number of nitrogens with zero attached hydrogens (tertiary/aromatic N) is 4. The highest BCUT2D eigenvalue weighted by molar-refractivity contribution is 7.08. The van der Waals surface area contributed by atoms with Crippen LogP contribution in [0, 0.1) is 75.3 Å². The van der Waals surface area contributed by atoms with Crippen LogP contribution in [0.4, 0.5) is 0 Å². The van der Waals surface area contributed by atoms with Crippen LogP contribution in [0.1, 0.15) is 501 Å². The molecule has 0 bridgehead atoms. The van der Waals surface area contributed by atoms with E-state index in [2.05, 4.69) is 101 Å². The highest BCUT2D eigenvalue weighted by Gasteiger charge is 2.41. The van der Waals surface area contributed by atoms with E-state index in [4.69, 9.17) is 0 Å². The smallest absolute Gasteiger partial charge is 0.147 e. The van der Waals surface area contributed by atoms with E-state index in [0.717, 1.165) is 34.7 Å². The molecule has 0 atom stereocenters. The lowest BCUT2D eigenvalue weighted by molar-refractivity contribution is 0.525. The Bertz CT molecular complexity index is 3370. The molecule has 1 aliphatic heterocycles. The van der Waals surface area contributed by atoms with Crippen molar-refractivity contribution in [3.8, 4) is 24.3 Å². The largest absolute Gasteiger partial charge is 0.192 e. The van der Waals surface area contributed by atoms with E-state index in [0.29, 0.717) is 0 Å². The van der Waals surface area contributed by atoms with E-state index in [-0.39, 0.29) is 11.1 Å². The number of unbranched alkanes of at least 4 members (excludes halogenated alkanes) is 68. The van der Waals surface area contributed by atoms with Crippen molar-refractivity contribution in [3.63, 3.8) is 0 Å². The van der Waals surface area contributed by atoms with Crippen molar-refractivity contribution in [1.29, 1.82) is 21.0 Å². The zero-order valence-electron chi connectivity index (χ0n) is 74.5. The molecule has 113 heavy (non-hydrogen) atoms. The second-order valence-electron chi connectivity index (χ2n) is 35.8. The van der Waals surface area contributed by atoms with E-state index in [9.17, 15) is 21.0 Å². The third kappa shape index (κ3) is 42.8. The molecular formula is C106H172N4S2Si. The van der Waals surface area contributed by atoms with Gasteiger partial charge in [-0.15, -0.1) is 22.7 Å². The maximum Gasteiger partial charge on any atom is 0.147 e. The lowest BCUT2D eigenvalue weighted by Gasteiger charge is -2.31. The molecule has 0 saturated carbocycles. The Morgan fingerprint density at radius 1 is 0.239 bits per heavy atom. The van der Waals surface area contributed by atoms with Crippen LogP contribution in [0.5, 0.6) is 0 Å². The summed E-state index contributed by atoms with van der Waals surface area (Å²) in [5, 5.41) is 50.5. The lowest BCUT2D eigenvalue weighted by atomic mass is 10.0.